The van der Waals surface area contributed by atoms with Crippen LogP contribution in [0.25, 0.3) is 10.8 Å². The molecule has 3 aromatic rings. The van der Waals surface area contributed by atoms with Gasteiger partial charge < -0.3 is 5.11 Å². The van der Waals surface area contributed by atoms with Crippen molar-refractivity contribution in [3.8, 4) is 0 Å². The third-order valence-corrected chi connectivity index (χ3v) is 5.75. The Morgan fingerprint density at radius 3 is 2.33 bits per heavy atom. The average molecular weight is 359 g/mol. The molecule has 1 N–H and O–H groups in total. The second kappa shape index (κ2) is 7.53. The molecule has 1 fully saturated rings. The molecule has 0 spiro atoms. The highest BCUT2D eigenvalue weighted by Crippen LogP contribution is 2.36. The zero-order chi connectivity index (χ0) is 18.8. The molecule has 0 saturated carbocycles. The number of piperidine rings is 1. The zero-order valence-corrected chi connectivity index (χ0v) is 15.6. The number of hydrogen-bond donors (Lipinski definition) is 1. The Morgan fingerprint density at radius 1 is 0.963 bits per heavy atom. The first-order valence-corrected chi connectivity index (χ1v) is 9.64. The van der Waals surface area contributed by atoms with E-state index < -0.39 is 5.97 Å². The number of rotatable bonds is 4. The van der Waals surface area contributed by atoms with Crippen molar-refractivity contribution in [1.29, 1.82) is 0 Å². The summed E-state index contributed by atoms with van der Waals surface area (Å²) in [5.74, 6) is -0.876. The predicted molar refractivity (Wildman–Crippen MR) is 109 cm³/mol. The van der Waals surface area contributed by atoms with Gasteiger partial charge in [-0.2, -0.15) is 0 Å². The average Bonchev–Trinajstić information content (AvgIpc) is 2.70. The van der Waals surface area contributed by atoms with Crippen LogP contribution in [0.2, 0.25) is 0 Å². The summed E-state index contributed by atoms with van der Waals surface area (Å²) in [5.41, 5.74) is 3.82. The molecule has 0 amide bonds. The number of hydrogen-bond acceptors (Lipinski definition) is 2. The van der Waals surface area contributed by atoms with Gasteiger partial charge in [-0.3, -0.25) is 9.69 Å². The van der Waals surface area contributed by atoms with E-state index in [4.69, 9.17) is 0 Å². The van der Waals surface area contributed by atoms with Gasteiger partial charge in [0.25, 0.3) is 0 Å². The number of carbonyl (C=O) groups is 1. The predicted octanol–water partition coefficient (Wildman–Crippen LogP) is 5.03. The Bertz CT molecular complexity index is 935. The van der Waals surface area contributed by atoms with Crippen LogP contribution < -0.4 is 0 Å². The fourth-order valence-electron chi connectivity index (χ4n) is 4.23. The lowest BCUT2D eigenvalue weighted by Crippen LogP contribution is -2.39. The molecule has 138 valence electrons. The van der Waals surface area contributed by atoms with E-state index in [0.29, 0.717) is 12.8 Å². The molecule has 1 unspecified atom stereocenters. The molecule has 1 aliphatic rings. The topological polar surface area (TPSA) is 40.5 Å². The van der Waals surface area contributed by atoms with Crippen molar-refractivity contribution in [3.05, 3.63) is 83.4 Å². The van der Waals surface area contributed by atoms with Crippen LogP contribution in [-0.4, -0.2) is 29.1 Å². The van der Waals surface area contributed by atoms with Crippen molar-refractivity contribution in [2.75, 3.05) is 13.1 Å². The van der Waals surface area contributed by atoms with Crippen molar-refractivity contribution >= 4 is 16.7 Å². The van der Waals surface area contributed by atoms with E-state index in [1.165, 1.54) is 27.5 Å². The standard InChI is InChI=1S/C24H25NO2/c1-17-9-11-19(12-10-17)23(25-15-13-20(14-16-25)24(26)27)22-8-4-6-18-5-2-3-7-21(18)22/h2-12,20,23H,13-16H2,1H3,(H,26,27). The van der Waals surface area contributed by atoms with Crippen LogP contribution in [0.1, 0.15) is 35.6 Å². The minimum Gasteiger partial charge on any atom is -0.481 e. The monoisotopic (exact) mass is 359 g/mol. The Labute approximate surface area is 160 Å². The molecule has 0 aromatic heterocycles. The normalized spacial score (nSPS) is 17.1. The fourth-order valence-corrected chi connectivity index (χ4v) is 4.23. The maximum atomic E-state index is 11.4. The van der Waals surface area contributed by atoms with Gasteiger partial charge in [0.15, 0.2) is 0 Å². The number of carboxylic acid groups (broad SMARTS) is 1. The highest BCUT2D eigenvalue weighted by Gasteiger charge is 2.30. The summed E-state index contributed by atoms with van der Waals surface area (Å²) >= 11 is 0. The number of aliphatic carboxylic acids is 1. The molecule has 1 heterocycles. The van der Waals surface area contributed by atoms with Crippen LogP contribution in [0, 0.1) is 12.8 Å². The van der Waals surface area contributed by atoms with Crippen molar-refractivity contribution in [1.82, 2.24) is 4.90 Å². The Kier molecular flexibility index (Phi) is 4.95. The maximum absolute atomic E-state index is 11.4. The van der Waals surface area contributed by atoms with E-state index >= 15 is 0 Å². The lowest BCUT2D eigenvalue weighted by Gasteiger charge is -2.37. The maximum Gasteiger partial charge on any atom is 0.306 e. The van der Waals surface area contributed by atoms with Gasteiger partial charge in [0, 0.05) is 0 Å². The van der Waals surface area contributed by atoms with Gasteiger partial charge in [0.1, 0.15) is 0 Å². The van der Waals surface area contributed by atoms with Crippen molar-refractivity contribution in [2.45, 2.75) is 25.8 Å². The van der Waals surface area contributed by atoms with Crippen molar-refractivity contribution in [3.63, 3.8) is 0 Å². The molecular formula is C24H25NO2. The third-order valence-electron chi connectivity index (χ3n) is 5.75. The number of carboxylic acids is 1. The zero-order valence-electron chi connectivity index (χ0n) is 15.6. The highest BCUT2D eigenvalue weighted by atomic mass is 16.4. The summed E-state index contributed by atoms with van der Waals surface area (Å²) in [5, 5.41) is 11.9. The smallest absolute Gasteiger partial charge is 0.306 e. The van der Waals surface area contributed by atoms with Crippen molar-refractivity contribution < 1.29 is 9.90 Å². The second-order valence-corrected chi connectivity index (χ2v) is 7.53. The van der Waals surface area contributed by atoms with E-state index in [0.717, 1.165) is 13.1 Å². The first-order valence-electron chi connectivity index (χ1n) is 9.64. The Balaban J connectivity index is 1.77. The van der Waals surface area contributed by atoms with Gasteiger partial charge in [-0.25, -0.2) is 0 Å². The quantitative estimate of drug-likeness (QED) is 0.710. The molecule has 3 heteroatoms. The van der Waals surface area contributed by atoms with Crippen LogP contribution in [0.15, 0.2) is 66.7 Å². The second-order valence-electron chi connectivity index (χ2n) is 7.53. The third kappa shape index (κ3) is 3.60. The number of aryl methyl sites for hydroxylation is 1. The minimum atomic E-state index is -0.660. The Morgan fingerprint density at radius 2 is 1.63 bits per heavy atom. The molecule has 0 aliphatic carbocycles. The van der Waals surface area contributed by atoms with E-state index in [-0.39, 0.29) is 12.0 Å². The summed E-state index contributed by atoms with van der Waals surface area (Å²) in [4.78, 5) is 13.8. The lowest BCUT2D eigenvalue weighted by atomic mass is 9.89. The van der Waals surface area contributed by atoms with Gasteiger partial charge in [0.05, 0.1) is 12.0 Å². The van der Waals surface area contributed by atoms with Crippen LogP contribution in [0.5, 0.6) is 0 Å². The van der Waals surface area contributed by atoms with Gasteiger partial charge in [-0.15, -0.1) is 0 Å². The van der Waals surface area contributed by atoms with Crippen LogP contribution in [0.3, 0.4) is 0 Å². The lowest BCUT2D eigenvalue weighted by molar-refractivity contribution is -0.143. The van der Waals surface area contributed by atoms with E-state index in [9.17, 15) is 9.90 Å². The number of benzene rings is 3. The summed E-state index contributed by atoms with van der Waals surface area (Å²) in [7, 11) is 0. The van der Waals surface area contributed by atoms with Gasteiger partial charge in [-0.1, -0.05) is 72.3 Å². The summed E-state index contributed by atoms with van der Waals surface area (Å²) in [6, 6.07) is 23.9. The van der Waals surface area contributed by atoms with Crippen molar-refractivity contribution in [2.24, 2.45) is 5.92 Å². The largest absolute Gasteiger partial charge is 0.481 e. The molecule has 1 saturated heterocycles. The summed E-state index contributed by atoms with van der Waals surface area (Å²) < 4.78 is 0. The van der Waals surface area contributed by atoms with Crippen LogP contribution in [-0.2, 0) is 4.79 Å². The molecule has 27 heavy (non-hydrogen) atoms. The van der Waals surface area contributed by atoms with E-state index in [1.54, 1.807) is 0 Å². The SMILES string of the molecule is Cc1ccc(C(c2cccc3ccccc23)N2CCC(C(=O)O)CC2)cc1. The molecule has 0 bridgehead atoms. The Hall–Kier alpha value is -2.65. The molecular weight excluding hydrogens is 334 g/mol. The highest BCUT2D eigenvalue weighted by molar-refractivity contribution is 5.86. The van der Waals surface area contributed by atoms with Gasteiger partial charge >= 0.3 is 5.97 Å². The van der Waals surface area contributed by atoms with Crippen LogP contribution >= 0.6 is 0 Å². The number of nitrogens with zero attached hydrogens (tertiary/aromatic N) is 1. The molecule has 3 aromatic carbocycles. The van der Waals surface area contributed by atoms with Crippen LogP contribution in [0.4, 0.5) is 0 Å². The van der Waals surface area contributed by atoms with Gasteiger partial charge in [-0.05, 0) is 54.8 Å². The number of likely N-dealkylation sites (tertiary alicyclic amines) is 1. The molecule has 4 rings (SSSR count). The first kappa shape index (κ1) is 17.7. The molecule has 1 atom stereocenters. The molecule has 0 radical (unpaired) electrons. The molecule has 1 aliphatic heterocycles. The summed E-state index contributed by atoms with van der Waals surface area (Å²) in [6.45, 7) is 3.71. The minimum absolute atomic E-state index is 0.145. The van der Waals surface area contributed by atoms with Gasteiger partial charge in [0.2, 0.25) is 0 Å². The summed E-state index contributed by atoms with van der Waals surface area (Å²) in [6.07, 6.45) is 1.42. The number of fused-ring (bicyclic) bond motifs is 1. The van der Waals surface area contributed by atoms with E-state index in [1.807, 2.05) is 0 Å². The first-order chi connectivity index (χ1) is 13.1. The fraction of sp³-hybridized carbons (Fsp3) is 0.292. The molecule has 3 nitrogen and oxygen atoms in total. The van der Waals surface area contributed by atoms with E-state index in [2.05, 4.69) is 78.6 Å².